The predicted octanol–water partition coefficient (Wildman–Crippen LogP) is 2.17. The number of rotatable bonds is 5. The van der Waals surface area contributed by atoms with Gasteiger partial charge < -0.3 is 14.0 Å². The molecule has 0 atom stereocenters. The highest BCUT2D eigenvalue weighted by atomic mass is 16.7. The number of imidazole rings is 1. The number of ether oxygens (including phenoxy) is 2. The maximum Gasteiger partial charge on any atom is 0.174 e. The van der Waals surface area contributed by atoms with E-state index in [1.165, 1.54) is 0 Å². The fourth-order valence-electron chi connectivity index (χ4n) is 1.71. The third kappa shape index (κ3) is 2.72. The molecule has 4 nitrogen and oxygen atoms in total. The Bertz CT molecular complexity index is 449. The topological polar surface area (TPSA) is 36.3 Å². The summed E-state index contributed by atoms with van der Waals surface area (Å²) < 4.78 is 12.4. The number of hydrogen-bond acceptors (Lipinski definition) is 3. The smallest absolute Gasteiger partial charge is 0.174 e. The predicted molar refractivity (Wildman–Crippen MR) is 65.5 cm³/mol. The van der Waals surface area contributed by atoms with Gasteiger partial charge in [0.15, 0.2) is 6.29 Å². The van der Waals surface area contributed by atoms with Crippen LogP contribution in [0.3, 0.4) is 0 Å². The Morgan fingerprint density at radius 3 is 2.53 bits per heavy atom. The lowest BCUT2D eigenvalue weighted by atomic mass is 10.2. The van der Waals surface area contributed by atoms with E-state index in [9.17, 15) is 0 Å². The average molecular weight is 232 g/mol. The number of hydrogen-bond donors (Lipinski definition) is 0. The SMILES string of the molecule is COC(Cn1ccnc1-c1ccccc1)OC. The fraction of sp³-hybridized carbons (Fsp3) is 0.308. The van der Waals surface area contributed by atoms with Crippen LogP contribution in [0.4, 0.5) is 0 Å². The van der Waals surface area contributed by atoms with Crippen molar-refractivity contribution in [3.05, 3.63) is 42.7 Å². The third-order valence-electron chi connectivity index (χ3n) is 2.62. The molecular formula is C13H16N2O2. The second-order valence-corrected chi connectivity index (χ2v) is 3.67. The molecule has 0 radical (unpaired) electrons. The Hall–Kier alpha value is -1.65. The summed E-state index contributed by atoms with van der Waals surface area (Å²) in [6.07, 6.45) is 3.45. The van der Waals surface area contributed by atoms with Crippen molar-refractivity contribution < 1.29 is 9.47 Å². The maximum absolute atomic E-state index is 5.19. The summed E-state index contributed by atoms with van der Waals surface area (Å²) in [5.74, 6) is 0.921. The lowest BCUT2D eigenvalue weighted by Crippen LogP contribution is -2.20. The van der Waals surface area contributed by atoms with Crippen LogP contribution >= 0.6 is 0 Å². The molecule has 0 aliphatic rings. The van der Waals surface area contributed by atoms with Crippen molar-refractivity contribution in [2.24, 2.45) is 0 Å². The number of methoxy groups -OCH3 is 2. The van der Waals surface area contributed by atoms with Crippen LogP contribution in [0, 0.1) is 0 Å². The van der Waals surface area contributed by atoms with E-state index in [2.05, 4.69) is 4.98 Å². The summed E-state index contributed by atoms with van der Waals surface area (Å²) in [6, 6.07) is 10.1. The molecule has 90 valence electrons. The van der Waals surface area contributed by atoms with Crippen molar-refractivity contribution in [1.29, 1.82) is 0 Å². The normalized spacial score (nSPS) is 11.0. The first-order chi connectivity index (χ1) is 8.35. The van der Waals surface area contributed by atoms with Crippen LogP contribution in [0.5, 0.6) is 0 Å². The summed E-state index contributed by atoms with van der Waals surface area (Å²) in [7, 11) is 3.26. The number of aromatic nitrogens is 2. The quantitative estimate of drug-likeness (QED) is 0.741. The van der Waals surface area contributed by atoms with Gasteiger partial charge in [-0.15, -0.1) is 0 Å². The lowest BCUT2D eigenvalue weighted by Gasteiger charge is -2.15. The molecule has 0 saturated carbocycles. The van der Waals surface area contributed by atoms with E-state index >= 15 is 0 Å². The van der Waals surface area contributed by atoms with Crippen molar-refractivity contribution in [3.8, 4) is 11.4 Å². The molecule has 0 amide bonds. The van der Waals surface area contributed by atoms with Crippen molar-refractivity contribution in [2.45, 2.75) is 12.8 Å². The first-order valence-electron chi connectivity index (χ1n) is 5.47. The molecule has 0 N–H and O–H groups in total. The molecule has 0 aliphatic heterocycles. The standard InChI is InChI=1S/C13H16N2O2/c1-16-12(17-2)10-15-9-8-14-13(15)11-6-4-3-5-7-11/h3-9,12H,10H2,1-2H3. The fourth-order valence-corrected chi connectivity index (χ4v) is 1.71. The van der Waals surface area contributed by atoms with Gasteiger partial charge in [-0.05, 0) is 0 Å². The Balaban J connectivity index is 2.23. The zero-order valence-corrected chi connectivity index (χ0v) is 10.0. The van der Waals surface area contributed by atoms with Gasteiger partial charge in [-0.25, -0.2) is 4.98 Å². The molecule has 1 heterocycles. The van der Waals surface area contributed by atoms with Gasteiger partial charge in [-0.1, -0.05) is 30.3 Å². The summed E-state index contributed by atoms with van der Waals surface area (Å²) in [5.41, 5.74) is 1.09. The molecule has 17 heavy (non-hydrogen) atoms. The van der Waals surface area contributed by atoms with Gasteiger partial charge in [0, 0.05) is 32.2 Å². The van der Waals surface area contributed by atoms with Gasteiger partial charge in [-0.3, -0.25) is 0 Å². The second kappa shape index (κ2) is 5.61. The molecule has 0 fully saturated rings. The average Bonchev–Trinajstić information content (AvgIpc) is 2.85. The van der Waals surface area contributed by atoms with Gasteiger partial charge in [0.2, 0.25) is 0 Å². The van der Waals surface area contributed by atoms with Gasteiger partial charge in [0.1, 0.15) is 5.82 Å². The van der Waals surface area contributed by atoms with Crippen molar-refractivity contribution in [2.75, 3.05) is 14.2 Å². The lowest BCUT2D eigenvalue weighted by molar-refractivity contribution is -0.110. The minimum Gasteiger partial charge on any atom is -0.354 e. The van der Waals surface area contributed by atoms with Gasteiger partial charge in [0.05, 0.1) is 6.54 Å². The molecule has 2 rings (SSSR count). The molecule has 1 aromatic heterocycles. The summed E-state index contributed by atoms with van der Waals surface area (Å²) in [4.78, 5) is 4.36. The Morgan fingerprint density at radius 2 is 1.88 bits per heavy atom. The highest BCUT2D eigenvalue weighted by Gasteiger charge is 2.10. The Labute approximate surface area is 101 Å². The summed E-state index contributed by atoms with van der Waals surface area (Å²) in [5, 5.41) is 0. The third-order valence-corrected chi connectivity index (χ3v) is 2.62. The highest BCUT2D eigenvalue weighted by Crippen LogP contribution is 2.17. The largest absolute Gasteiger partial charge is 0.354 e. The molecule has 0 bridgehead atoms. The van der Waals surface area contributed by atoms with Crippen molar-refractivity contribution >= 4 is 0 Å². The summed E-state index contributed by atoms with van der Waals surface area (Å²) >= 11 is 0. The molecule has 0 saturated heterocycles. The van der Waals surface area contributed by atoms with E-state index in [1.54, 1.807) is 20.4 Å². The minimum absolute atomic E-state index is 0.258. The molecule has 4 heteroatoms. The van der Waals surface area contributed by atoms with Crippen LogP contribution in [-0.2, 0) is 16.0 Å². The maximum atomic E-state index is 5.19. The molecule has 2 aromatic rings. The second-order valence-electron chi connectivity index (χ2n) is 3.67. The van der Waals surface area contributed by atoms with Crippen molar-refractivity contribution in [1.82, 2.24) is 9.55 Å². The monoisotopic (exact) mass is 232 g/mol. The minimum atomic E-state index is -0.258. The van der Waals surface area contributed by atoms with Gasteiger partial charge in [-0.2, -0.15) is 0 Å². The molecule has 0 unspecified atom stereocenters. The van der Waals surface area contributed by atoms with E-state index in [0.717, 1.165) is 11.4 Å². The Kier molecular flexibility index (Phi) is 3.90. The zero-order valence-electron chi connectivity index (χ0n) is 10.0. The van der Waals surface area contributed by atoms with Gasteiger partial charge >= 0.3 is 0 Å². The van der Waals surface area contributed by atoms with Crippen LogP contribution in [-0.4, -0.2) is 30.1 Å². The van der Waals surface area contributed by atoms with E-state index < -0.39 is 0 Å². The van der Waals surface area contributed by atoms with E-state index in [-0.39, 0.29) is 6.29 Å². The molecule has 0 spiro atoms. The van der Waals surface area contributed by atoms with Crippen LogP contribution in [0.1, 0.15) is 0 Å². The molecule has 0 aliphatic carbocycles. The van der Waals surface area contributed by atoms with Crippen LogP contribution < -0.4 is 0 Å². The Morgan fingerprint density at radius 1 is 1.18 bits per heavy atom. The van der Waals surface area contributed by atoms with E-state index in [0.29, 0.717) is 6.54 Å². The van der Waals surface area contributed by atoms with E-state index in [1.807, 2.05) is 41.1 Å². The van der Waals surface area contributed by atoms with Crippen LogP contribution in [0.2, 0.25) is 0 Å². The van der Waals surface area contributed by atoms with Crippen molar-refractivity contribution in [3.63, 3.8) is 0 Å². The van der Waals surface area contributed by atoms with E-state index in [4.69, 9.17) is 9.47 Å². The van der Waals surface area contributed by atoms with Crippen LogP contribution in [0.15, 0.2) is 42.7 Å². The number of benzene rings is 1. The number of nitrogens with zero attached hydrogens (tertiary/aromatic N) is 2. The first-order valence-corrected chi connectivity index (χ1v) is 5.47. The van der Waals surface area contributed by atoms with Gasteiger partial charge in [0.25, 0.3) is 0 Å². The molecule has 1 aromatic carbocycles. The highest BCUT2D eigenvalue weighted by molar-refractivity contribution is 5.55. The summed E-state index contributed by atoms with van der Waals surface area (Å²) in [6.45, 7) is 0.622. The zero-order chi connectivity index (χ0) is 12.1. The first kappa shape index (κ1) is 11.8. The van der Waals surface area contributed by atoms with Crippen LogP contribution in [0.25, 0.3) is 11.4 Å². The molecular weight excluding hydrogens is 216 g/mol.